The van der Waals surface area contributed by atoms with Crippen LogP contribution in [-0.4, -0.2) is 43.0 Å². The van der Waals surface area contributed by atoms with Crippen molar-refractivity contribution in [2.45, 2.75) is 32.6 Å². The van der Waals surface area contributed by atoms with Gasteiger partial charge in [-0.2, -0.15) is 0 Å². The van der Waals surface area contributed by atoms with Crippen LogP contribution in [0.25, 0.3) is 16.0 Å². The van der Waals surface area contributed by atoms with E-state index in [1.54, 1.807) is 28.0 Å². The summed E-state index contributed by atoms with van der Waals surface area (Å²) < 4.78 is 2.10. The standard InChI is InChI=1S/C20H23N5OS2/c1-12-9-25-17(13(2)21-20(25)28-12)10-24(4)18(26)11-27-14(3)19-22-15-7-5-6-8-16(15)23-19/h5-9,14H,10-11H2,1-4H3,(H,22,23). The van der Waals surface area contributed by atoms with Crippen molar-refractivity contribution in [1.29, 1.82) is 0 Å². The zero-order valence-corrected chi connectivity index (χ0v) is 18.0. The summed E-state index contributed by atoms with van der Waals surface area (Å²) in [4.78, 5) is 29.2. The fourth-order valence-electron chi connectivity index (χ4n) is 3.16. The maximum absolute atomic E-state index is 12.7. The Morgan fingerprint density at radius 2 is 2.11 bits per heavy atom. The number of nitrogens with zero attached hydrogens (tertiary/aromatic N) is 4. The molecule has 0 aliphatic rings. The highest BCUT2D eigenvalue weighted by Gasteiger charge is 2.18. The topological polar surface area (TPSA) is 66.3 Å². The maximum Gasteiger partial charge on any atom is 0.232 e. The fraction of sp³-hybridized carbons (Fsp3) is 0.350. The van der Waals surface area contributed by atoms with E-state index in [1.807, 2.05) is 38.2 Å². The summed E-state index contributed by atoms with van der Waals surface area (Å²) in [6.07, 6.45) is 2.09. The van der Waals surface area contributed by atoms with Crippen LogP contribution in [0.2, 0.25) is 0 Å². The fourth-order valence-corrected chi connectivity index (χ4v) is 4.94. The van der Waals surface area contributed by atoms with E-state index >= 15 is 0 Å². The number of fused-ring (bicyclic) bond motifs is 2. The molecule has 1 aromatic carbocycles. The first kappa shape index (κ1) is 19.0. The van der Waals surface area contributed by atoms with Gasteiger partial charge in [-0.15, -0.1) is 23.1 Å². The summed E-state index contributed by atoms with van der Waals surface area (Å²) in [6, 6.07) is 7.98. The third-order valence-corrected chi connectivity index (χ3v) is 6.84. The van der Waals surface area contributed by atoms with Crippen LogP contribution in [0.15, 0.2) is 30.5 Å². The zero-order valence-electron chi connectivity index (χ0n) is 16.4. The lowest BCUT2D eigenvalue weighted by molar-refractivity contribution is -0.127. The molecule has 0 spiro atoms. The molecule has 1 amide bonds. The van der Waals surface area contributed by atoms with Crippen LogP contribution in [0.3, 0.4) is 0 Å². The van der Waals surface area contributed by atoms with E-state index in [1.165, 1.54) is 4.88 Å². The minimum Gasteiger partial charge on any atom is -0.341 e. The Hall–Kier alpha value is -2.32. The lowest BCUT2D eigenvalue weighted by Crippen LogP contribution is -2.28. The number of hydrogen-bond acceptors (Lipinski definition) is 5. The number of carbonyl (C=O) groups is 1. The number of carbonyl (C=O) groups excluding carboxylic acids is 1. The molecule has 0 fully saturated rings. The Morgan fingerprint density at radius 3 is 2.89 bits per heavy atom. The number of aromatic amines is 1. The second-order valence-corrected chi connectivity index (χ2v) is 9.52. The number of nitrogens with one attached hydrogen (secondary N) is 1. The lowest BCUT2D eigenvalue weighted by Gasteiger charge is -2.18. The third kappa shape index (κ3) is 3.66. The molecule has 6 nitrogen and oxygen atoms in total. The average molecular weight is 414 g/mol. The van der Waals surface area contributed by atoms with Crippen LogP contribution >= 0.6 is 23.1 Å². The molecule has 4 rings (SSSR count). The highest BCUT2D eigenvalue weighted by atomic mass is 32.2. The molecular formula is C20H23N5OS2. The summed E-state index contributed by atoms with van der Waals surface area (Å²) in [6.45, 7) is 6.71. The Labute approximate surface area is 172 Å². The number of thiazole rings is 1. The van der Waals surface area contributed by atoms with Crippen molar-refractivity contribution in [3.8, 4) is 0 Å². The molecule has 146 valence electrons. The van der Waals surface area contributed by atoms with Crippen molar-refractivity contribution in [3.05, 3.63) is 52.6 Å². The van der Waals surface area contributed by atoms with Gasteiger partial charge in [-0.1, -0.05) is 12.1 Å². The molecule has 0 aliphatic carbocycles. The van der Waals surface area contributed by atoms with Crippen molar-refractivity contribution >= 4 is 45.0 Å². The zero-order chi connectivity index (χ0) is 19.8. The summed E-state index contributed by atoms with van der Waals surface area (Å²) in [7, 11) is 1.85. The first-order valence-corrected chi connectivity index (χ1v) is 11.0. The van der Waals surface area contributed by atoms with Crippen molar-refractivity contribution in [2.75, 3.05) is 12.8 Å². The predicted octanol–water partition coefficient (Wildman–Crippen LogP) is 4.34. The lowest BCUT2D eigenvalue weighted by atomic mass is 10.3. The molecule has 0 radical (unpaired) electrons. The van der Waals surface area contributed by atoms with E-state index in [4.69, 9.17) is 0 Å². The van der Waals surface area contributed by atoms with Gasteiger partial charge in [0.2, 0.25) is 5.91 Å². The van der Waals surface area contributed by atoms with E-state index in [0.717, 1.165) is 33.2 Å². The van der Waals surface area contributed by atoms with Gasteiger partial charge in [-0.05, 0) is 32.9 Å². The number of amides is 1. The molecule has 1 unspecified atom stereocenters. The van der Waals surface area contributed by atoms with Gasteiger partial charge < -0.3 is 9.88 Å². The first-order chi connectivity index (χ1) is 13.4. The van der Waals surface area contributed by atoms with Gasteiger partial charge in [0.1, 0.15) is 5.82 Å². The van der Waals surface area contributed by atoms with E-state index in [-0.39, 0.29) is 11.2 Å². The molecule has 3 heterocycles. The van der Waals surface area contributed by atoms with Crippen molar-refractivity contribution < 1.29 is 4.79 Å². The summed E-state index contributed by atoms with van der Waals surface area (Å²) in [5.74, 6) is 1.43. The summed E-state index contributed by atoms with van der Waals surface area (Å²) in [5, 5.41) is 0.118. The van der Waals surface area contributed by atoms with Gasteiger partial charge in [-0.25, -0.2) is 9.97 Å². The molecule has 0 saturated carbocycles. The van der Waals surface area contributed by atoms with Crippen LogP contribution < -0.4 is 0 Å². The highest BCUT2D eigenvalue weighted by molar-refractivity contribution is 8.00. The van der Waals surface area contributed by atoms with Crippen LogP contribution in [0.4, 0.5) is 0 Å². The molecular weight excluding hydrogens is 390 g/mol. The van der Waals surface area contributed by atoms with Gasteiger partial charge >= 0.3 is 0 Å². The van der Waals surface area contributed by atoms with Crippen LogP contribution in [0, 0.1) is 13.8 Å². The monoisotopic (exact) mass is 413 g/mol. The second kappa shape index (κ2) is 7.60. The van der Waals surface area contributed by atoms with E-state index in [2.05, 4.69) is 39.4 Å². The number of rotatable bonds is 6. The van der Waals surface area contributed by atoms with Crippen molar-refractivity contribution in [3.63, 3.8) is 0 Å². The number of H-pyrrole nitrogens is 1. The largest absolute Gasteiger partial charge is 0.341 e. The molecule has 0 bridgehead atoms. The van der Waals surface area contributed by atoms with Crippen LogP contribution in [0.5, 0.6) is 0 Å². The molecule has 4 aromatic rings. The Kier molecular flexibility index (Phi) is 5.16. The Morgan fingerprint density at radius 1 is 1.32 bits per heavy atom. The first-order valence-electron chi connectivity index (χ1n) is 9.16. The maximum atomic E-state index is 12.7. The number of hydrogen-bond donors (Lipinski definition) is 1. The van der Waals surface area contributed by atoms with Gasteiger partial charge in [0.25, 0.3) is 0 Å². The van der Waals surface area contributed by atoms with E-state index in [0.29, 0.717) is 12.3 Å². The van der Waals surface area contributed by atoms with Crippen LogP contribution in [-0.2, 0) is 11.3 Å². The van der Waals surface area contributed by atoms with Gasteiger partial charge in [0.05, 0.1) is 40.0 Å². The molecule has 1 N–H and O–H groups in total. The van der Waals surface area contributed by atoms with Gasteiger partial charge in [0.15, 0.2) is 4.96 Å². The molecule has 28 heavy (non-hydrogen) atoms. The van der Waals surface area contributed by atoms with Gasteiger partial charge in [-0.3, -0.25) is 9.20 Å². The number of aromatic nitrogens is 4. The third-order valence-electron chi connectivity index (χ3n) is 4.80. The molecule has 8 heteroatoms. The van der Waals surface area contributed by atoms with E-state index in [9.17, 15) is 4.79 Å². The number of imidazole rings is 2. The number of benzene rings is 1. The van der Waals surface area contributed by atoms with Crippen molar-refractivity contribution in [1.82, 2.24) is 24.3 Å². The summed E-state index contributed by atoms with van der Waals surface area (Å²) >= 11 is 3.27. The Bertz CT molecular complexity index is 1110. The van der Waals surface area contributed by atoms with Gasteiger partial charge in [0, 0.05) is 18.1 Å². The quantitative estimate of drug-likeness (QED) is 0.511. The molecule has 3 aromatic heterocycles. The van der Waals surface area contributed by atoms with Crippen molar-refractivity contribution in [2.24, 2.45) is 0 Å². The molecule has 1 atom stereocenters. The SMILES string of the molecule is Cc1cn2c(CN(C)C(=O)CSC(C)c3nc4ccccc4[nH]3)c(C)nc2s1. The number of aryl methyl sites for hydroxylation is 2. The van der Waals surface area contributed by atoms with E-state index < -0.39 is 0 Å². The summed E-state index contributed by atoms with van der Waals surface area (Å²) in [5.41, 5.74) is 4.04. The normalized spacial score (nSPS) is 12.7. The second-order valence-electron chi connectivity index (χ2n) is 6.98. The smallest absolute Gasteiger partial charge is 0.232 e. The highest BCUT2D eigenvalue weighted by Crippen LogP contribution is 2.28. The molecule has 0 saturated heterocycles. The minimum absolute atomic E-state index is 0.106. The number of para-hydroxylation sites is 2. The predicted molar refractivity (Wildman–Crippen MR) is 116 cm³/mol. The van der Waals surface area contributed by atoms with Crippen LogP contribution in [0.1, 0.15) is 34.3 Å². The molecule has 0 aliphatic heterocycles. The Balaban J connectivity index is 1.39. The minimum atomic E-state index is 0.106. The number of thioether (sulfide) groups is 1. The average Bonchev–Trinajstić information content (AvgIpc) is 3.33.